The molecule has 5 nitrogen and oxygen atoms in total. The number of hydrogen-bond donors (Lipinski definition) is 0. The zero-order chi connectivity index (χ0) is 19.1. The molecule has 0 fully saturated rings. The minimum absolute atomic E-state index is 0.0202. The highest BCUT2D eigenvalue weighted by molar-refractivity contribution is 5.95. The second kappa shape index (κ2) is 8.67. The van der Waals surface area contributed by atoms with Gasteiger partial charge in [-0.25, -0.2) is 4.79 Å². The summed E-state index contributed by atoms with van der Waals surface area (Å²) >= 11 is 0. The summed E-state index contributed by atoms with van der Waals surface area (Å²) in [5.74, 6) is -0.0279. The summed E-state index contributed by atoms with van der Waals surface area (Å²) in [6, 6.07) is 14.0. The Labute approximate surface area is 152 Å². The van der Waals surface area contributed by atoms with Gasteiger partial charge in [0.25, 0.3) is 0 Å². The zero-order valence-electron chi connectivity index (χ0n) is 14.9. The van der Waals surface area contributed by atoms with Crippen molar-refractivity contribution in [3.05, 3.63) is 78.4 Å². The van der Waals surface area contributed by atoms with Gasteiger partial charge >= 0.3 is 5.97 Å². The molecule has 2 rings (SSSR count). The number of azo groups is 1. The predicted octanol–water partition coefficient (Wildman–Crippen LogP) is 5.27. The summed E-state index contributed by atoms with van der Waals surface area (Å²) in [5.41, 5.74) is 3.09. The molecule has 0 saturated carbocycles. The van der Waals surface area contributed by atoms with Gasteiger partial charge in [0.15, 0.2) is 5.78 Å². The zero-order valence-corrected chi connectivity index (χ0v) is 14.9. The molecule has 26 heavy (non-hydrogen) atoms. The fourth-order valence-electron chi connectivity index (χ4n) is 1.91. The number of allylic oxidation sites excluding steroid dienone is 1. The Hall–Kier alpha value is -3.34. The lowest BCUT2D eigenvalue weighted by Crippen LogP contribution is -2.07. The van der Waals surface area contributed by atoms with Crippen LogP contribution in [-0.2, 0) is 16.0 Å². The van der Waals surface area contributed by atoms with E-state index >= 15 is 0 Å². The number of Topliss-reactive ketones (excluding diaryl/α,β-unsaturated/α-hetero) is 1. The van der Waals surface area contributed by atoms with E-state index in [-0.39, 0.29) is 5.78 Å². The van der Waals surface area contributed by atoms with Crippen LogP contribution >= 0.6 is 0 Å². The Morgan fingerprint density at radius 3 is 1.81 bits per heavy atom. The van der Waals surface area contributed by atoms with E-state index in [0.717, 1.165) is 5.56 Å². The van der Waals surface area contributed by atoms with Crippen molar-refractivity contribution in [2.75, 3.05) is 0 Å². The topological polar surface area (TPSA) is 68.1 Å². The van der Waals surface area contributed by atoms with E-state index in [1.165, 1.54) is 0 Å². The van der Waals surface area contributed by atoms with Crippen LogP contribution in [0, 0.1) is 0 Å². The smallest absolute Gasteiger partial charge is 0.338 e. The summed E-state index contributed by atoms with van der Waals surface area (Å²) in [6.07, 6.45) is 0.330. The van der Waals surface area contributed by atoms with Gasteiger partial charge in [0.05, 0.1) is 11.4 Å². The second-order valence-electron chi connectivity index (χ2n) is 5.91. The Bertz CT molecular complexity index is 790. The van der Waals surface area contributed by atoms with Crippen LogP contribution in [-0.4, -0.2) is 11.8 Å². The van der Waals surface area contributed by atoms with Gasteiger partial charge in [0, 0.05) is 12.0 Å². The third-order valence-electron chi connectivity index (χ3n) is 3.45. The molecule has 2 aromatic rings. The van der Waals surface area contributed by atoms with Crippen LogP contribution in [0.1, 0.15) is 19.4 Å². The van der Waals surface area contributed by atoms with Crippen LogP contribution in [0.4, 0.5) is 11.4 Å². The minimum Gasteiger partial charge on any atom is -0.423 e. The Morgan fingerprint density at radius 2 is 1.35 bits per heavy atom. The maximum absolute atomic E-state index is 11.7. The summed E-state index contributed by atoms with van der Waals surface area (Å²) in [4.78, 5) is 23.1. The molecule has 0 atom stereocenters. The number of hydrogen-bond acceptors (Lipinski definition) is 5. The van der Waals surface area contributed by atoms with Crippen LogP contribution in [0.15, 0.2) is 83.1 Å². The van der Waals surface area contributed by atoms with Crippen molar-refractivity contribution in [3.63, 3.8) is 0 Å². The average Bonchev–Trinajstić information content (AvgIpc) is 2.62. The van der Waals surface area contributed by atoms with Gasteiger partial charge in [-0.15, -0.1) is 0 Å². The van der Waals surface area contributed by atoms with E-state index in [1.807, 2.05) is 12.1 Å². The highest BCUT2D eigenvalue weighted by Crippen LogP contribution is 2.22. The van der Waals surface area contributed by atoms with Crippen LogP contribution in [0.25, 0.3) is 0 Å². The number of esters is 1. The molecule has 0 heterocycles. The normalized spacial score (nSPS) is 10.5. The van der Waals surface area contributed by atoms with Gasteiger partial charge in [-0.1, -0.05) is 25.3 Å². The summed E-state index contributed by atoms with van der Waals surface area (Å²) < 4.78 is 5.11. The lowest BCUT2D eigenvalue weighted by Gasteiger charge is -2.03. The maximum atomic E-state index is 11.7. The third-order valence-corrected chi connectivity index (χ3v) is 3.45. The van der Waals surface area contributed by atoms with Gasteiger partial charge < -0.3 is 4.74 Å². The molecular formula is C21H20N2O3. The van der Waals surface area contributed by atoms with Gasteiger partial charge in [-0.2, -0.15) is 10.2 Å². The van der Waals surface area contributed by atoms with Gasteiger partial charge in [0.1, 0.15) is 5.75 Å². The largest absolute Gasteiger partial charge is 0.423 e. The van der Waals surface area contributed by atoms with Gasteiger partial charge in [0.2, 0.25) is 0 Å². The Kier molecular flexibility index (Phi) is 6.33. The van der Waals surface area contributed by atoms with Crippen LogP contribution in [0.5, 0.6) is 5.75 Å². The van der Waals surface area contributed by atoms with Crippen LogP contribution in [0.3, 0.4) is 0 Å². The molecule has 0 N–H and O–H groups in total. The first-order valence-corrected chi connectivity index (χ1v) is 8.02. The van der Waals surface area contributed by atoms with E-state index in [2.05, 4.69) is 23.4 Å². The molecule has 0 amide bonds. The number of ketones is 1. The summed E-state index contributed by atoms with van der Waals surface area (Å²) in [6.45, 7) is 10.5. The summed E-state index contributed by atoms with van der Waals surface area (Å²) in [7, 11) is 0. The summed E-state index contributed by atoms with van der Waals surface area (Å²) in [5, 5.41) is 8.29. The molecule has 2 aromatic carbocycles. The molecule has 0 bridgehead atoms. The number of nitrogens with zero attached hydrogens (tertiary/aromatic N) is 2. The number of rotatable bonds is 7. The van der Waals surface area contributed by atoms with Crippen molar-refractivity contribution >= 4 is 23.1 Å². The van der Waals surface area contributed by atoms with E-state index in [1.54, 1.807) is 50.2 Å². The van der Waals surface area contributed by atoms with Crippen molar-refractivity contribution in [2.45, 2.75) is 20.3 Å². The van der Waals surface area contributed by atoms with Crippen molar-refractivity contribution in [1.29, 1.82) is 0 Å². The maximum Gasteiger partial charge on any atom is 0.338 e. The standard InChI is InChI=1S/C21H20N2O3/c1-14(2)20(24)13-16-5-7-17(8-6-16)22-23-18-9-11-19(12-10-18)26-21(25)15(3)4/h5-12H,1,3,13H2,2,4H3. The highest BCUT2D eigenvalue weighted by atomic mass is 16.5. The van der Waals surface area contributed by atoms with E-state index in [0.29, 0.717) is 34.7 Å². The van der Waals surface area contributed by atoms with Crippen molar-refractivity contribution in [2.24, 2.45) is 10.2 Å². The first-order chi connectivity index (χ1) is 12.3. The first-order valence-electron chi connectivity index (χ1n) is 8.02. The fourth-order valence-corrected chi connectivity index (χ4v) is 1.91. The SMILES string of the molecule is C=C(C)C(=O)Cc1ccc(N=Nc2ccc(OC(=O)C(=C)C)cc2)cc1. The number of carbonyl (C=O) groups is 2. The number of ether oxygens (including phenoxy) is 1. The van der Waals surface area contributed by atoms with Crippen LogP contribution < -0.4 is 4.74 Å². The first kappa shape index (κ1) is 19.0. The molecule has 5 heteroatoms. The predicted molar refractivity (Wildman–Crippen MR) is 101 cm³/mol. The quantitative estimate of drug-likeness (QED) is 0.296. The van der Waals surface area contributed by atoms with Gasteiger partial charge in [-0.05, 0) is 61.4 Å². The molecule has 0 aliphatic carbocycles. The molecular weight excluding hydrogens is 328 g/mol. The molecule has 0 saturated heterocycles. The molecule has 0 spiro atoms. The van der Waals surface area contributed by atoms with Crippen LogP contribution in [0.2, 0.25) is 0 Å². The Morgan fingerprint density at radius 1 is 0.846 bits per heavy atom. The second-order valence-corrected chi connectivity index (χ2v) is 5.91. The highest BCUT2D eigenvalue weighted by Gasteiger charge is 2.05. The molecule has 0 unspecified atom stereocenters. The molecule has 0 aromatic heterocycles. The average molecular weight is 348 g/mol. The fraction of sp³-hybridized carbons (Fsp3) is 0.143. The molecule has 0 radical (unpaired) electrons. The van der Waals surface area contributed by atoms with E-state index in [9.17, 15) is 9.59 Å². The minimum atomic E-state index is -0.468. The van der Waals surface area contributed by atoms with Gasteiger partial charge in [-0.3, -0.25) is 4.79 Å². The van der Waals surface area contributed by atoms with E-state index < -0.39 is 5.97 Å². The lowest BCUT2D eigenvalue weighted by atomic mass is 10.1. The third kappa shape index (κ3) is 5.63. The number of carbonyl (C=O) groups excluding carboxylic acids is 2. The van der Waals surface area contributed by atoms with Crippen molar-refractivity contribution in [1.82, 2.24) is 0 Å². The van der Waals surface area contributed by atoms with E-state index in [4.69, 9.17) is 4.74 Å². The van der Waals surface area contributed by atoms with Crippen molar-refractivity contribution < 1.29 is 14.3 Å². The Balaban J connectivity index is 1.98. The molecule has 0 aliphatic rings. The molecule has 0 aliphatic heterocycles. The lowest BCUT2D eigenvalue weighted by molar-refractivity contribution is -0.130. The number of benzene rings is 2. The van der Waals surface area contributed by atoms with Crippen molar-refractivity contribution in [3.8, 4) is 5.75 Å². The monoisotopic (exact) mass is 348 g/mol. The molecule has 132 valence electrons.